The van der Waals surface area contributed by atoms with E-state index in [1.165, 1.54) is 122 Å². The van der Waals surface area contributed by atoms with Crippen LogP contribution in [0.3, 0.4) is 0 Å². The Hall–Kier alpha value is -0.850. The van der Waals surface area contributed by atoms with Gasteiger partial charge in [-0.1, -0.05) is 174 Å². The molecule has 1 fully saturated rings. The van der Waals surface area contributed by atoms with E-state index in [1.54, 1.807) is 0 Å². The highest BCUT2D eigenvalue weighted by atomic mass is 16.7. The largest absolute Gasteiger partial charge is 0.394 e. The number of aliphatic hydroxyl groups is 6. The Labute approximate surface area is 311 Å². The Balaban J connectivity index is 2.41. The van der Waals surface area contributed by atoms with Gasteiger partial charge in [-0.3, -0.25) is 4.79 Å². The zero-order valence-electron chi connectivity index (χ0n) is 32.7. The van der Waals surface area contributed by atoms with Gasteiger partial charge in [0.25, 0.3) is 0 Å². The molecule has 1 heterocycles. The van der Waals surface area contributed by atoms with E-state index in [1.807, 2.05) is 0 Å². The Morgan fingerprint density at radius 3 is 1.45 bits per heavy atom. The molecule has 1 aliphatic rings. The number of hydrogen-bond donors (Lipinski definition) is 7. The molecule has 0 bridgehead atoms. The van der Waals surface area contributed by atoms with E-state index in [4.69, 9.17) is 9.47 Å². The third kappa shape index (κ3) is 23.5. The molecular weight excluding hydrogens is 650 g/mol. The first kappa shape index (κ1) is 48.2. The molecule has 10 heteroatoms. The van der Waals surface area contributed by atoms with Crippen molar-refractivity contribution in [1.82, 2.24) is 5.32 Å². The van der Waals surface area contributed by atoms with Crippen LogP contribution in [0.5, 0.6) is 0 Å². The first-order chi connectivity index (χ1) is 24.8. The number of carbonyl (C=O) groups is 1. The summed E-state index contributed by atoms with van der Waals surface area (Å²) in [6.07, 6.45) is 22.6. The molecule has 1 rings (SSSR count). The van der Waals surface area contributed by atoms with E-state index in [-0.39, 0.29) is 18.9 Å². The summed E-state index contributed by atoms with van der Waals surface area (Å²) in [6.45, 7) is 3.58. The first-order valence-corrected chi connectivity index (χ1v) is 21.3. The van der Waals surface area contributed by atoms with E-state index in [0.29, 0.717) is 6.42 Å². The molecule has 0 radical (unpaired) electrons. The Morgan fingerprint density at radius 2 is 1.02 bits per heavy atom. The predicted molar refractivity (Wildman–Crippen MR) is 204 cm³/mol. The zero-order valence-corrected chi connectivity index (χ0v) is 32.7. The van der Waals surface area contributed by atoms with Crippen molar-refractivity contribution in [3.63, 3.8) is 0 Å². The molecule has 0 aromatic rings. The number of unbranched alkanes of at least 4 members (excludes halogenated alkanes) is 24. The van der Waals surface area contributed by atoms with E-state index in [9.17, 15) is 35.4 Å². The lowest BCUT2D eigenvalue weighted by Gasteiger charge is -2.40. The van der Waals surface area contributed by atoms with Crippen LogP contribution in [0, 0.1) is 0 Å². The predicted octanol–water partition coefficient (Wildman–Crippen LogP) is 6.97. The number of aliphatic hydroxyl groups excluding tert-OH is 6. The van der Waals surface area contributed by atoms with Gasteiger partial charge in [0.15, 0.2) is 6.29 Å². The fourth-order valence-corrected chi connectivity index (χ4v) is 7.02. The fourth-order valence-electron chi connectivity index (χ4n) is 7.02. The summed E-state index contributed by atoms with van der Waals surface area (Å²) in [7, 11) is 0. The van der Waals surface area contributed by atoms with Crippen LogP contribution in [-0.2, 0) is 14.3 Å². The molecule has 10 nitrogen and oxygen atoms in total. The maximum absolute atomic E-state index is 12.9. The maximum atomic E-state index is 12.9. The van der Waals surface area contributed by atoms with Gasteiger partial charge in [-0.2, -0.15) is 0 Å². The molecule has 7 N–H and O–H groups in total. The van der Waals surface area contributed by atoms with E-state index in [2.05, 4.69) is 19.2 Å². The van der Waals surface area contributed by atoms with Gasteiger partial charge in [0.2, 0.25) is 5.91 Å². The molecule has 1 saturated heterocycles. The maximum Gasteiger partial charge on any atom is 0.220 e. The molecule has 1 aliphatic heterocycles. The molecule has 0 aromatic heterocycles. The van der Waals surface area contributed by atoms with Gasteiger partial charge >= 0.3 is 0 Å². The van der Waals surface area contributed by atoms with Crippen molar-refractivity contribution in [2.75, 3.05) is 13.2 Å². The van der Waals surface area contributed by atoms with Crippen LogP contribution in [0.25, 0.3) is 0 Å². The third-order valence-electron chi connectivity index (χ3n) is 10.6. The van der Waals surface area contributed by atoms with Gasteiger partial charge in [-0.25, -0.2) is 0 Å². The summed E-state index contributed by atoms with van der Waals surface area (Å²) < 4.78 is 11.1. The normalized spacial score (nSPS) is 22.5. The summed E-state index contributed by atoms with van der Waals surface area (Å²) in [6, 6.07) is -0.982. The number of ether oxygens (including phenoxy) is 2. The second-order valence-electron chi connectivity index (χ2n) is 15.3. The monoisotopic (exact) mass is 732 g/mol. The molecule has 304 valence electrons. The van der Waals surface area contributed by atoms with Crippen LogP contribution < -0.4 is 5.32 Å². The number of carbonyl (C=O) groups excluding carboxylic acids is 1. The van der Waals surface area contributed by atoms with Crippen molar-refractivity contribution in [2.24, 2.45) is 0 Å². The van der Waals surface area contributed by atoms with Crippen molar-refractivity contribution >= 4 is 5.91 Å². The highest BCUT2D eigenvalue weighted by Gasteiger charge is 2.44. The topological polar surface area (TPSA) is 169 Å². The highest BCUT2D eigenvalue weighted by molar-refractivity contribution is 5.76. The highest BCUT2D eigenvalue weighted by Crippen LogP contribution is 2.23. The van der Waals surface area contributed by atoms with Crippen LogP contribution in [0.4, 0.5) is 0 Å². The zero-order chi connectivity index (χ0) is 37.5. The Morgan fingerprint density at radius 1 is 0.608 bits per heavy atom. The standard InChI is InChI=1S/C41H81NO9/c1-3-5-7-9-11-13-15-16-17-18-19-20-21-23-25-27-29-34(44)37(46)33(32-50-41-40(49)39(48)38(47)35(31-43)51-41)42-36(45)30-28-26-24-22-14-12-10-8-6-4-2/h33-35,37-41,43-44,46-49H,3-32H2,1-2H3,(H,42,45)/t33-,34+,35+,37-,38-,39?,40?,41+/m0/s1. The van der Waals surface area contributed by atoms with Crippen LogP contribution in [-0.4, -0.2) is 98.7 Å². The van der Waals surface area contributed by atoms with Crippen LogP contribution in [0.15, 0.2) is 0 Å². The SMILES string of the molecule is CCCCCCCCCCCCCCCCCC[C@@H](O)[C@@H](O)[C@H](CO[C@@H]1O[C@H](CO)[C@H](O)C(O)C1O)NC(=O)CCCCCCCCCCCC. The van der Waals surface area contributed by atoms with Crippen molar-refractivity contribution in [1.29, 1.82) is 0 Å². The van der Waals surface area contributed by atoms with Gasteiger partial charge in [0.05, 0.1) is 25.4 Å². The molecule has 1 amide bonds. The van der Waals surface area contributed by atoms with E-state index < -0.39 is 55.6 Å². The molecule has 0 aliphatic carbocycles. The summed E-state index contributed by atoms with van der Waals surface area (Å²) >= 11 is 0. The first-order valence-electron chi connectivity index (χ1n) is 21.3. The van der Waals surface area contributed by atoms with E-state index >= 15 is 0 Å². The summed E-state index contributed by atoms with van der Waals surface area (Å²) in [5.41, 5.74) is 0. The summed E-state index contributed by atoms with van der Waals surface area (Å²) in [4.78, 5) is 12.9. The van der Waals surface area contributed by atoms with Gasteiger partial charge < -0.3 is 45.4 Å². The average Bonchev–Trinajstić information content (AvgIpc) is 3.13. The van der Waals surface area contributed by atoms with Crippen molar-refractivity contribution in [3.05, 3.63) is 0 Å². The van der Waals surface area contributed by atoms with Crippen molar-refractivity contribution in [2.45, 2.75) is 243 Å². The molecule has 2 unspecified atom stereocenters. The summed E-state index contributed by atoms with van der Waals surface area (Å²) in [5, 5.41) is 64.9. The quantitative estimate of drug-likeness (QED) is 0.0341. The molecule has 0 spiro atoms. The number of rotatable bonds is 35. The molecular formula is C41H81NO9. The van der Waals surface area contributed by atoms with Crippen LogP contribution in [0.2, 0.25) is 0 Å². The molecule has 8 atom stereocenters. The van der Waals surface area contributed by atoms with Crippen LogP contribution in [0.1, 0.15) is 194 Å². The van der Waals surface area contributed by atoms with Crippen LogP contribution >= 0.6 is 0 Å². The minimum Gasteiger partial charge on any atom is -0.394 e. The lowest BCUT2D eigenvalue weighted by atomic mass is 9.98. The number of hydrogen-bond acceptors (Lipinski definition) is 9. The Kier molecular flexibility index (Phi) is 30.8. The molecule has 0 aromatic carbocycles. The molecule has 0 saturated carbocycles. The second kappa shape index (κ2) is 32.6. The van der Waals surface area contributed by atoms with Crippen molar-refractivity contribution in [3.8, 4) is 0 Å². The van der Waals surface area contributed by atoms with Gasteiger partial charge in [-0.05, 0) is 12.8 Å². The lowest BCUT2D eigenvalue weighted by Crippen LogP contribution is -2.60. The van der Waals surface area contributed by atoms with Gasteiger partial charge in [0, 0.05) is 6.42 Å². The average molecular weight is 732 g/mol. The number of amides is 1. The summed E-state index contributed by atoms with van der Waals surface area (Å²) in [5.74, 6) is -0.259. The lowest BCUT2D eigenvalue weighted by molar-refractivity contribution is -0.303. The van der Waals surface area contributed by atoms with Crippen molar-refractivity contribution < 1.29 is 44.9 Å². The fraction of sp³-hybridized carbons (Fsp3) is 0.976. The third-order valence-corrected chi connectivity index (χ3v) is 10.6. The van der Waals surface area contributed by atoms with Gasteiger partial charge in [-0.15, -0.1) is 0 Å². The minimum atomic E-state index is -1.60. The number of nitrogens with one attached hydrogen (secondary N) is 1. The molecule has 51 heavy (non-hydrogen) atoms. The van der Waals surface area contributed by atoms with Gasteiger partial charge in [0.1, 0.15) is 30.5 Å². The smallest absolute Gasteiger partial charge is 0.220 e. The minimum absolute atomic E-state index is 0.259. The Bertz CT molecular complexity index is 788. The van der Waals surface area contributed by atoms with E-state index in [0.717, 1.165) is 44.9 Å². The second-order valence-corrected chi connectivity index (χ2v) is 15.3.